The van der Waals surface area contributed by atoms with E-state index in [1.165, 1.54) is 0 Å². The zero-order valence-corrected chi connectivity index (χ0v) is 7.50. The molecule has 9 heteroatoms. The van der Waals surface area contributed by atoms with E-state index in [0.29, 0.717) is 0 Å². The molecule has 0 N–H and O–H groups in total. The first kappa shape index (κ1) is 14.1. The van der Waals surface area contributed by atoms with E-state index in [-0.39, 0.29) is 6.08 Å². The van der Waals surface area contributed by atoms with Gasteiger partial charge in [0.05, 0.1) is 0 Å². The molecule has 0 saturated carbocycles. The summed E-state index contributed by atoms with van der Waals surface area (Å²) in [6.45, 7) is 2.62. The summed E-state index contributed by atoms with van der Waals surface area (Å²) >= 11 is 3.76. The molecular weight excluding hydrogens is 254 g/mol. The van der Waals surface area contributed by atoms with Gasteiger partial charge in [-0.05, 0) is 11.6 Å². The molecule has 88 valence electrons. The highest BCUT2D eigenvalue weighted by molar-refractivity contribution is 6.22. The molecular formula is C6H3ClF6O2. The second-order valence-electron chi connectivity index (χ2n) is 2.21. The average molecular weight is 257 g/mol. The van der Waals surface area contributed by atoms with Crippen molar-refractivity contribution in [2.75, 3.05) is 0 Å². The lowest BCUT2D eigenvalue weighted by Gasteiger charge is -2.27. The first-order chi connectivity index (χ1) is 6.45. The maximum atomic E-state index is 12.3. The molecule has 0 aliphatic rings. The summed E-state index contributed by atoms with van der Waals surface area (Å²) in [5.74, 6) is -8.01. The molecule has 0 radical (unpaired) electrons. The molecule has 15 heavy (non-hydrogen) atoms. The van der Waals surface area contributed by atoms with Crippen molar-refractivity contribution in [2.45, 2.75) is 17.4 Å². The number of hydrogen-bond donors (Lipinski definition) is 0. The molecule has 2 nitrogen and oxygen atoms in total. The normalized spacial score (nSPS) is 13.5. The van der Waals surface area contributed by atoms with E-state index in [2.05, 4.69) is 22.9 Å². The summed E-state index contributed by atoms with van der Waals surface area (Å²) < 4.78 is 75.7. The Morgan fingerprint density at radius 3 is 1.87 bits per heavy atom. The third-order valence-electron chi connectivity index (χ3n) is 1.12. The van der Waals surface area contributed by atoms with E-state index >= 15 is 0 Å². The van der Waals surface area contributed by atoms with Crippen LogP contribution in [0.15, 0.2) is 12.7 Å². The Balaban J connectivity index is 5.01. The number of rotatable bonds is 4. The van der Waals surface area contributed by atoms with Gasteiger partial charge in [-0.1, -0.05) is 6.58 Å². The Morgan fingerprint density at radius 2 is 1.60 bits per heavy atom. The van der Waals surface area contributed by atoms with Gasteiger partial charge >= 0.3 is 23.4 Å². The predicted molar refractivity (Wildman–Crippen MR) is 37.0 cm³/mol. The summed E-state index contributed by atoms with van der Waals surface area (Å²) in [5, 5.41) is -5.56. The lowest BCUT2D eigenvalue weighted by Crippen LogP contribution is -2.53. The maximum Gasteiger partial charge on any atom is 0.474 e. The highest BCUT2D eigenvalue weighted by Crippen LogP contribution is 2.48. The molecule has 0 aromatic rings. The van der Waals surface area contributed by atoms with Crippen LogP contribution in [0.25, 0.3) is 0 Å². The zero-order valence-electron chi connectivity index (χ0n) is 6.75. The topological polar surface area (TPSA) is 26.3 Å². The molecule has 0 aliphatic carbocycles. The maximum absolute atomic E-state index is 12.3. The summed E-state index contributed by atoms with van der Waals surface area (Å²) in [4.78, 5) is 10.2. The standard InChI is InChI=1S/C6H3ClF6O2/c1-2-3(14)15-6(12,13)4(8,9)5(7,10)11/h2H,1H2. The fourth-order valence-electron chi connectivity index (χ4n) is 0.397. The zero-order chi connectivity index (χ0) is 12.5. The number of ether oxygens (including phenoxy) is 1. The Kier molecular flexibility index (Phi) is 3.67. The third-order valence-corrected chi connectivity index (χ3v) is 1.35. The monoisotopic (exact) mass is 256 g/mol. The van der Waals surface area contributed by atoms with Crippen LogP contribution in [-0.4, -0.2) is 23.4 Å². The molecule has 0 aromatic carbocycles. The first-order valence-electron chi connectivity index (χ1n) is 3.13. The Hall–Kier alpha value is -0.920. The predicted octanol–water partition coefficient (Wildman–Crippen LogP) is 2.78. The minimum atomic E-state index is -6.03. The van der Waals surface area contributed by atoms with Crippen molar-refractivity contribution in [1.82, 2.24) is 0 Å². The van der Waals surface area contributed by atoms with Crippen LogP contribution in [0.1, 0.15) is 0 Å². The largest absolute Gasteiger partial charge is 0.474 e. The lowest BCUT2D eigenvalue weighted by atomic mass is 10.3. The number of carbonyl (C=O) groups is 1. The highest BCUT2D eigenvalue weighted by atomic mass is 35.5. The number of alkyl halides is 7. The van der Waals surface area contributed by atoms with Crippen molar-refractivity contribution in [3.05, 3.63) is 12.7 Å². The first-order valence-corrected chi connectivity index (χ1v) is 3.51. The van der Waals surface area contributed by atoms with Crippen LogP contribution >= 0.6 is 11.6 Å². The van der Waals surface area contributed by atoms with Gasteiger partial charge in [0.15, 0.2) is 0 Å². The Labute approximate surface area is 84.4 Å². The van der Waals surface area contributed by atoms with Crippen molar-refractivity contribution in [1.29, 1.82) is 0 Å². The van der Waals surface area contributed by atoms with Crippen molar-refractivity contribution < 1.29 is 35.9 Å². The molecule has 0 aliphatic heterocycles. The molecule has 0 heterocycles. The van der Waals surface area contributed by atoms with Crippen LogP contribution in [0.4, 0.5) is 26.3 Å². The van der Waals surface area contributed by atoms with Gasteiger partial charge in [0.25, 0.3) is 0 Å². The summed E-state index contributed by atoms with van der Waals surface area (Å²) in [5.41, 5.74) is 0. The quantitative estimate of drug-likeness (QED) is 0.335. The van der Waals surface area contributed by atoms with Crippen LogP contribution in [0.2, 0.25) is 0 Å². The molecule has 0 bridgehead atoms. The minimum absolute atomic E-state index is 0.108. The summed E-state index contributed by atoms with van der Waals surface area (Å²) in [7, 11) is 0. The smallest absolute Gasteiger partial charge is 0.393 e. The van der Waals surface area contributed by atoms with Gasteiger partial charge in [0.2, 0.25) is 0 Å². The van der Waals surface area contributed by atoms with Crippen LogP contribution in [0.3, 0.4) is 0 Å². The second kappa shape index (κ2) is 3.92. The number of esters is 1. The average Bonchev–Trinajstić information content (AvgIpc) is 2.00. The van der Waals surface area contributed by atoms with Crippen LogP contribution < -0.4 is 0 Å². The molecule has 0 spiro atoms. The summed E-state index contributed by atoms with van der Waals surface area (Å²) in [6, 6.07) is 0. The van der Waals surface area contributed by atoms with Crippen molar-refractivity contribution in [3.8, 4) is 0 Å². The second-order valence-corrected chi connectivity index (χ2v) is 2.69. The number of halogens is 7. The fraction of sp³-hybridized carbons (Fsp3) is 0.500. The highest BCUT2D eigenvalue weighted by Gasteiger charge is 2.74. The lowest BCUT2D eigenvalue weighted by molar-refractivity contribution is -0.366. The molecule has 0 unspecified atom stereocenters. The number of hydrogen-bond acceptors (Lipinski definition) is 2. The van der Waals surface area contributed by atoms with Gasteiger partial charge in [-0.3, -0.25) is 0 Å². The summed E-state index contributed by atoms with van der Waals surface area (Å²) in [6.07, 6.45) is -5.63. The Morgan fingerprint density at radius 1 is 1.20 bits per heavy atom. The van der Waals surface area contributed by atoms with E-state index in [1.54, 1.807) is 0 Å². The van der Waals surface area contributed by atoms with Gasteiger partial charge in [0.1, 0.15) is 0 Å². The molecule has 0 rings (SSSR count). The van der Waals surface area contributed by atoms with E-state index in [4.69, 9.17) is 0 Å². The van der Waals surface area contributed by atoms with Crippen LogP contribution in [0, 0.1) is 0 Å². The van der Waals surface area contributed by atoms with Gasteiger partial charge in [-0.25, -0.2) is 4.79 Å². The van der Waals surface area contributed by atoms with Crippen LogP contribution in [-0.2, 0) is 9.53 Å². The van der Waals surface area contributed by atoms with Crippen LogP contribution in [0.5, 0.6) is 0 Å². The molecule has 0 fully saturated rings. The van der Waals surface area contributed by atoms with E-state index in [9.17, 15) is 31.1 Å². The molecule has 0 saturated heterocycles. The fourth-order valence-corrected chi connectivity index (χ4v) is 0.507. The van der Waals surface area contributed by atoms with Gasteiger partial charge in [0, 0.05) is 6.08 Å². The minimum Gasteiger partial charge on any atom is -0.393 e. The van der Waals surface area contributed by atoms with Crippen molar-refractivity contribution in [2.24, 2.45) is 0 Å². The van der Waals surface area contributed by atoms with Crippen molar-refractivity contribution in [3.63, 3.8) is 0 Å². The molecule has 0 amide bonds. The Bertz CT molecular complexity index is 271. The molecule has 0 aromatic heterocycles. The van der Waals surface area contributed by atoms with E-state index in [1.807, 2.05) is 0 Å². The van der Waals surface area contributed by atoms with E-state index in [0.717, 1.165) is 0 Å². The van der Waals surface area contributed by atoms with Crippen molar-refractivity contribution >= 4 is 17.6 Å². The van der Waals surface area contributed by atoms with Gasteiger partial charge < -0.3 is 4.74 Å². The third kappa shape index (κ3) is 2.77. The SMILES string of the molecule is C=CC(=O)OC(F)(F)C(F)(F)C(F)(F)Cl. The van der Waals surface area contributed by atoms with Gasteiger partial charge in [-0.15, -0.1) is 0 Å². The van der Waals surface area contributed by atoms with E-state index < -0.39 is 23.4 Å². The number of carbonyl (C=O) groups excluding carboxylic acids is 1. The van der Waals surface area contributed by atoms with Gasteiger partial charge in [-0.2, -0.15) is 26.3 Å². The molecule has 0 atom stereocenters.